The molecule has 4 aromatic rings. The first-order valence-corrected chi connectivity index (χ1v) is 11.2. The SMILES string of the molecule is COc1cc(C)cc(Nc2nc3ccccc3nc2NS(=O)(=O)c2ccc(F)cc2C)c1. The summed E-state index contributed by atoms with van der Waals surface area (Å²) in [5.41, 5.74) is 3.00. The van der Waals surface area contributed by atoms with E-state index in [4.69, 9.17) is 4.74 Å². The largest absolute Gasteiger partial charge is 0.497 e. The van der Waals surface area contributed by atoms with Crippen LogP contribution in [0.5, 0.6) is 5.75 Å². The van der Waals surface area contributed by atoms with Gasteiger partial charge >= 0.3 is 0 Å². The van der Waals surface area contributed by atoms with Crippen LogP contribution in [0, 0.1) is 19.7 Å². The second-order valence-electron chi connectivity index (χ2n) is 7.29. The van der Waals surface area contributed by atoms with E-state index in [9.17, 15) is 12.8 Å². The summed E-state index contributed by atoms with van der Waals surface area (Å²) < 4.78 is 47.5. The summed E-state index contributed by atoms with van der Waals surface area (Å²) in [6, 6.07) is 16.1. The topological polar surface area (TPSA) is 93.2 Å². The van der Waals surface area contributed by atoms with E-state index in [1.54, 1.807) is 31.4 Å². The summed E-state index contributed by atoms with van der Waals surface area (Å²) >= 11 is 0. The minimum absolute atomic E-state index is 0.0212. The van der Waals surface area contributed by atoms with E-state index in [1.807, 2.05) is 25.1 Å². The van der Waals surface area contributed by atoms with Crippen LogP contribution in [0.25, 0.3) is 11.0 Å². The van der Waals surface area contributed by atoms with Crippen LogP contribution < -0.4 is 14.8 Å². The summed E-state index contributed by atoms with van der Waals surface area (Å²) in [6.45, 7) is 3.45. The molecule has 0 aliphatic rings. The van der Waals surface area contributed by atoms with Gasteiger partial charge in [0.1, 0.15) is 11.6 Å². The van der Waals surface area contributed by atoms with Crippen molar-refractivity contribution in [3.63, 3.8) is 0 Å². The van der Waals surface area contributed by atoms with E-state index in [2.05, 4.69) is 20.0 Å². The maximum absolute atomic E-state index is 13.5. The quantitative estimate of drug-likeness (QED) is 0.431. The van der Waals surface area contributed by atoms with Gasteiger partial charge in [-0.05, 0) is 67.4 Å². The van der Waals surface area contributed by atoms with Gasteiger partial charge in [-0.3, -0.25) is 4.72 Å². The van der Waals surface area contributed by atoms with Crippen LogP contribution in [0.1, 0.15) is 11.1 Å². The second kappa shape index (κ2) is 8.43. The van der Waals surface area contributed by atoms with Gasteiger partial charge in [-0.2, -0.15) is 0 Å². The predicted molar refractivity (Wildman–Crippen MR) is 122 cm³/mol. The fourth-order valence-corrected chi connectivity index (χ4v) is 4.57. The number of anilines is 3. The zero-order valence-corrected chi connectivity index (χ0v) is 18.5. The number of hydrogen-bond acceptors (Lipinski definition) is 6. The van der Waals surface area contributed by atoms with Gasteiger partial charge in [0.15, 0.2) is 11.6 Å². The Balaban J connectivity index is 1.80. The molecule has 0 saturated heterocycles. The minimum Gasteiger partial charge on any atom is -0.497 e. The van der Waals surface area contributed by atoms with E-state index in [-0.39, 0.29) is 22.1 Å². The molecule has 2 N–H and O–H groups in total. The number of fused-ring (bicyclic) bond motifs is 1. The monoisotopic (exact) mass is 452 g/mol. The Morgan fingerprint density at radius 2 is 1.59 bits per heavy atom. The third-order valence-electron chi connectivity index (χ3n) is 4.78. The normalized spacial score (nSPS) is 11.4. The molecule has 0 saturated carbocycles. The van der Waals surface area contributed by atoms with Crippen LogP contribution >= 0.6 is 0 Å². The first-order valence-electron chi connectivity index (χ1n) is 9.73. The van der Waals surface area contributed by atoms with Crippen LogP contribution in [0.3, 0.4) is 0 Å². The molecule has 0 amide bonds. The van der Waals surface area contributed by atoms with Gasteiger partial charge in [0, 0.05) is 11.8 Å². The zero-order chi connectivity index (χ0) is 22.9. The van der Waals surface area contributed by atoms with Gasteiger partial charge < -0.3 is 10.1 Å². The molecule has 0 unspecified atom stereocenters. The van der Waals surface area contributed by atoms with Crippen molar-refractivity contribution in [1.29, 1.82) is 0 Å². The molecular formula is C23H21FN4O3S. The van der Waals surface area contributed by atoms with E-state index in [0.29, 0.717) is 22.5 Å². The molecule has 9 heteroatoms. The van der Waals surface area contributed by atoms with Crippen LogP contribution in [0.4, 0.5) is 21.7 Å². The number of ether oxygens (including phenoxy) is 1. The van der Waals surface area contributed by atoms with Crippen LogP contribution in [0.15, 0.2) is 65.6 Å². The number of rotatable bonds is 6. The van der Waals surface area contributed by atoms with E-state index in [1.165, 1.54) is 19.1 Å². The van der Waals surface area contributed by atoms with Gasteiger partial charge in [0.25, 0.3) is 10.0 Å². The minimum atomic E-state index is -4.05. The molecule has 0 atom stereocenters. The Morgan fingerprint density at radius 3 is 2.25 bits per heavy atom. The number of halogens is 1. The molecular weight excluding hydrogens is 431 g/mol. The number of aromatic nitrogens is 2. The van der Waals surface area contributed by atoms with Crippen molar-refractivity contribution in [1.82, 2.24) is 9.97 Å². The molecule has 3 aromatic carbocycles. The third-order valence-corrected chi connectivity index (χ3v) is 6.28. The highest BCUT2D eigenvalue weighted by Crippen LogP contribution is 2.30. The number of nitrogens with zero attached hydrogens (tertiary/aromatic N) is 2. The summed E-state index contributed by atoms with van der Waals surface area (Å²) in [5, 5.41) is 3.14. The highest BCUT2D eigenvalue weighted by molar-refractivity contribution is 7.92. The summed E-state index contributed by atoms with van der Waals surface area (Å²) in [4.78, 5) is 9.00. The predicted octanol–water partition coefficient (Wildman–Crippen LogP) is 4.94. The van der Waals surface area contributed by atoms with Gasteiger partial charge in [-0.25, -0.2) is 22.8 Å². The molecule has 0 fully saturated rings. The first-order chi connectivity index (χ1) is 15.2. The van der Waals surface area contributed by atoms with Crippen molar-refractivity contribution in [2.24, 2.45) is 0 Å². The van der Waals surface area contributed by atoms with Gasteiger partial charge in [0.05, 0.1) is 23.0 Å². The van der Waals surface area contributed by atoms with Crippen LogP contribution in [-0.4, -0.2) is 25.5 Å². The average Bonchev–Trinajstić information content (AvgIpc) is 2.73. The number of methoxy groups -OCH3 is 1. The fourth-order valence-electron chi connectivity index (χ4n) is 3.33. The van der Waals surface area contributed by atoms with Gasteiger partial charge in [-0.15, -0.1) is 0 Å². The lowest BCUT2D eigenvalue weighted by Crippen LogP contribution is -2.17. The molecule has 4 rings (SSSR count). The number of benzene rings is 3. The lowest BCUT2D eigenvalue weighted by atomic mass is 10.2. The number of hydrogen-bond donors (Lipinski definition) is 2. The van der Waals surface area contributed by atoms with E-state index < -0.39 is 15.8 Å². The Hall–Kier alpha value is -3.72. The Morgan fingerprint density at radius 1 is 0.906 bits per heavy atom. The molecule has 32 heavy (non-hydrogen) atoms. The van der Waals surface area contributed by atoms with Gasteiger partial charge in [-0.1, -0.05) is 12.1 Å². The smallest absolute Gasteiger partial charge is 0.263 e. The van der Waals surface area contributed by atoms with E-state index in [0.717, 1.165) is 11.6 Å². The molecule has 0 spiro atoms. The summed E-state index contributed by atoms with van der Waals surface area (Å²) in [6.07, 6.45) is 0. The van der Waals surface area contributed by atoms with Crippen molar-refractivity contribution < 1.29 is 17.5 Å². The lowest BCUT2D eigenvalue weighted by molar-refractivity contribution is 0.414. The summed E-state index contributed by atoms with van der Waals surface area (Å²) in [7, 11) is -2.48. The Kier molecular flexibility index (Phi) is 5.67. The first kappa shape index (κ1) is 21.5. The number of aryl methyl sites for hydroxylation is 2. The highest BCUT2D eigenvalue weighted by Gasteiger charge is 2.21. The summed E-state index contributed by atoms with van der Waals surface area (Å²) in [5.74, 6) is 0.376. The van der Waals surface area contributed by atoms with E-state index >= 15 is 0 Å². The van der Waals surface area contributed by atoms with Crippen LogP contribution in [-0.2, 0) is 10.0 Å². The molecule has 0 radical (unpaired) electrons. The average molecular weight is 453 g/mol. The van der Waals surface area contributed by atoms with Crippen molar-refractivity contribution in [2.45, 2.75) is 18.7 Å². The number of sulfonamides is 1. The Bertz CT molecular complexity index is 1420. The maximum atomic E-state index is 13.5. The molecule has 1 aromatic heterocycles. The standard InChI is InChI=1S/C23H21FN4O3S/c1-14-10-17(13-18(11-14)31-3)25-22-23(27-20-7-5-4-6-19(20)26-22)28-32(29,30)21-9-8-16(24)12-15(21)2/h4-13H,1-3H3,(H,25,26)(H,27,28). The second-order valence-corrected chi connectivity index (χ2v) is 8.94. The zero-order valence-electron chi connectivity index (χ0n) is 17.7. The number of nitrogens with one attached hydrogen (secondary N) is 2. The fraction of sp³-hybridized carbons (Fsp3) is 0.130. The lowest BCUT2D eigenvalue weighted by Gasteiger charge is -2.15. The molecule has 7 nitrogen and oxygen atoms in total. The maximum Gasteiger partial charge on any atom is 0.263 e. The molecule has 164 valence electrons. The highest BCUT2D eigenvalue weighted by atomic mass is 32.2. The Labute approximate surface area is 185 Å². The molecule has 0 aliphatic heterocycles. The molecule has 0 bridgehead atoms. The van der Waals surface area contributed by atoms with Crippen molar-refractivity contribution in [3.05, 3.63) is 77.6 Å². The molecule has 0 aliphatic carbocycles. The molecule has 1 heterocycles. The van der Waals surface area contributed by atoms with Crippen molar-refractivity contribution in [3.8, 4) is 5.75 Å². The van der Waals surface area contributed by atoms with Gasteiger partial charge in [0.2, 0.25) is 0 Å². The third kappa shape index (κ3) is 4.47. The number of para-hydroxylation sites is 2. The van der Waals surface area contributed by atoms with Crippen molar-refractivity contribution in [2.75, 3.05) is 17.1 Å². The van der Waals surface area contributed by atoms with Crippen LogP contribution in [0.2, 0.25) is 0 Å². The van der Waals surface area contributed by atoms with Crippen molar-refractivity contribution >= 4 is 38.4 Å².